The summed E-state index contributed by atoms with van der Waals surface area (Å²) in [6.45, 7) is 12.6. The van der Waals surface area contributed by atoms with E-state index in [1.807, 2.05) is 42.1 Å². The highest BCUT2D eigenvalue weighted by Gasteiger charge is 2.26. The Morgan fingerprint density at radius 1 is 0.518 bits per heavy atom. The summed E-state index contributed by atoms with van der Waals surface area (Å²) in [6.07, 6.45) is 9.23. The molecule has 1 saturated heterocycles. The monoisotopic (exact) mass is 1260 g/mol. The number of unbranched alkanes of at least 4 members (excludes halogenated alkanes) is 3. The predicted molar refractivity (Wildman–Crippen MR) is 324 cm³/mol. The van der Waals surface area contributed by atoms with E-state index in [0.29, 0.717) is 206 Å². The van der Waals surface area contributed by atoms with Gasteiger partial charge in [-0.25, -0.2) is 4.79 Å². The summed E-state index contributed by atoms with van der Waals surface area (Å²) < 4.78 is 72.2. The fourth-order valence-electron chi connectivity index (χ4n) is 7.98. The van der Waals surface area contributed by atoms with Crippen LogP contribution in [-0.4, -0.2) is 232 Å². The molecule has 25 heteroatoms. The molecule has 1 unspecified atom stereocenters. The minimum Gasteiger partial charge on any atom is -0.492 e. The van der Waals surface area contributed by atoms with E-state index in [2.05, 4.69) is 26.6 Å². The third-order valence-electron chi connectivity index (χ3n) is 12.6. The molecule has 3 rings (SSSR count). The Kier molecular flexibility index (Phi) is 48.5. The first-order valence-corrected chi connectivity index (χ1v) is 32.2. The Balaban J connectivity index is 0.924. The average Bonchev–Trinajstić information content (AvgIpc) is 4.07. The molecule has 22 nitrogen and oxygen atoms in total. The van der Waals surface area contributed by atoms with E-state index in [0.717, 1.165) is 75.0 Å². The second kappa shape index (κ2) is 54.5. The maximum atomic E-state index is 12.6. The van der Waals surface area contributed by atoms with Crippen molar-refractivity contribution in [1.29, 1.82) is 0 Å². The number of carbonyl (C=O) groups is 4. The normalized spacial score (nSPS) is 13.9. The van der Waals surface area contributed by atoms with Crippen LogP contribution >= 0.6 is 23.4 Å². The molecule has 85 heavy (non-hydrogen) atoms. The van der Waals surface area contributed by atoms with E-state index >= 15 is 0 Å². The Labute approximate surface area is 519 Å². The average molecular weight is 1270 g/mol. The molecule has 0 aliphatic carbocycles. The first-order valence-electron chi connectivity index (χ1n) is 30.2. The molecule has 2 atom stereocenters. The van der Waals surface area contributed by atoms with Gasteiger partial charge < -0.3 is 88.2 Å². The maximum Gasteiger partial charge on any atom is 0.314 e. The van der Waals surface area contributed by atoms with Crippen LogP contribution in [0.2, 0.25) is 5.02 Å². The first kappa shape index (κ1) is 75.6. The highest BCUT2D eigenvalue weighted by Crippen LogP contribution is 2.31. The molecule has 486 valence electrons. The second-order valence-electron chi connectivity index (χ2n) is 19.5. The van der Waals surface area contributed by atoms with Gasteiger partial charge in [0.05, 0.1) is 170 Å². The summed E-state index contributed by atoms with van der Waals surface area (Å²) in [5.41, 5.74) is 2.63. The predicted octanol–water partition coefficient (Wildman–Crippen LogP) is 5.22. The largest absolute Gasteiger partial charge is 0.492 e. The molecular weight excluding hydrogens is 1170 g/mol. The number of ether oxygens (including phenoxy) is 13. The fraction of sp³-hybridized carbons (Fsp3) is 0.733. The van der Waals surface area contributed by atoms with Crippen molar-refractivity contribution in [2.24, 2.45) is 0 Å². The van der Waals surface area contributed by atoms with Crippen molar-refractivity contribution in [2.45, 2.75) is 88.5 Å². The third-order valence-corrected chi connectivity index (χ3v) is 14.7. The lowest BCUT2D eigenvalue weighted by molar-refractivity contribution is -0.368. The maximum absolute atomic E-state index is 12.6. The number of alkyl halides is 1. The molecule has 1 heterocycles. The van der Waals surface area contributed by atoms with Crippen LogP contribution in [0.25, 0.3) is 0 Å². The standard InChI is InChI=1S/C60H99Cl2N5O17S/c1-63-60(71)67-53-47-54(85-49-53)9-2-3-10-57(68)64-20-23-73-25-27-75-29-31-77-33-35-79-37-39-81-41-43-83-45-44-82-42-40-80-38-36-78-34-32-76-30-28-74-26-24-72-22-17-58(69)66-48-51-11-14-52(15-12-51)59(70)65-19-6-7-21-84-56-16-13-50(46-55(56)62)8-4-5-18-61/h11-16,46,53-54,61H,2-10,17-45,47-49H2,1H3,(H4-,63,64,65,66,67,68,69,70,71)/p+1/t53?,54-/m0/s1. The Morgan fingerprint density at radius 3 is 1.52 bits per heavy atom. The van der Waals surface area contributed by atoms with E-state index in [-0.39, 0.29) is 42.8 Å². The minimum absolute atomic E-state index is 0.0451. The van der Waals surface area contributed by atoms with Gasteiger partial charge in [0.1, 0.15) is 17.4 Å². The van der Waals surface area contributed by atoms with Crippen LogP contribution < -0.4 is 31.3 Å². The van der Waals surface area contributed by atoms with Crippen LogP contribution in [0.3, 0.4) is 0 Å². The smallest absolute Gasteiger partial charge is 0.314 e. The number of hydrogen-bond donors (Lipinski definition) is 5. The molecule has 5 amide bonds. The molecule has 2 aromatic rings. The molecule has 1 fully saturated rings. The van der Waals surface area contributed by atoms with Gasteiger partial charge in [-0.3, -0.25) is 14.4 Å². The minimum atomic E-state index is -0.149. The molecule has 0 radical (unpaired) electrons. The van der Waals surface area contributed by atoms with Crippen LogP contribution in [-0.2, 0) is 79.4 Å². The van der Waals surface area contributed by atoms with Gasteiger partial charge in [-0.15, -0.1) is 0 Å². The van der Waals surface area contributed by atoms with Crippen molar-refractivity contribution in [2.75, 3.05) is 197 Å². The topological polar surface area (TPSA) is 248 Å². The van der Waals surface area contributed by atoms with Crippen molar-refractivity contribution in [3.05, 3.63) is 64.2 Å². The number of nitrogens with one attached hydrogen (secondary N) is 5. The zero-order chi connectivity index (χ0) is 60.7. The van der Waals surface area contributed by atoms with E-state index in [4.69, 9.17) is 84.8 Å². The Morgan fingerprint density at radius 2 is 1.01 bits per heavy atom. The van der Waals surface area contributed by atoms with Gasteiger partial charge in [-0.1, -0.05) is 36.2 Å². The van der Waals surface area contributed by atoms with Crippen molar-refractivity contribution in [3.63, 3.8) is 0 Å². The Hall–Kier alpha value is -3.63. The van der Waals surface area contributed by atoms with Gasteiger partial charge in [0.2, 0.25) is 11.8 Å². The van der Waals surface area contributed by atoms with Crippen molar-refractivity contribution in [1.82, 2.24) is 26.6 Å². The second-order valence-corrected chi connectivity index (χ2v) is 21.7. The van der Waals surface area contributed by atoms with Crippen LogP contribution in [0.15, 0.2) is 42.5 Å². The van der Waals surface area contributed by atoms with Crippen molar-refractivity contribution >= 4 is 47.1 Å². The summed E-state index contributed by atoms with van der Waals surface area (Å²) >= 11 is 13.3. The third kappa shape index (κ3) is 43.6. The summed E-state index contributed by atoms with van der Waals surface area (Å²) in [4.78, 5) is 48.5. The molecule has 0 spiro atoms. The van der Waals surface area contributed by atoms with Gasteiger partial charge in [0.25, 0.3) is 5.91 Å². The number of benzene rings is 2. The van der Waals surface area contributed by atoms with Crippen LogP contribution in [0.1, 0.15) is 85.7 Å². The van der Waals surface area contributed by atoms with E-state index in [1.165, 1.54) is 5.56 Å². The number of aryl methyl sites for hydroxylation is 1. The number of halogens is 2. The SMILES string of the molecule is CNC(=O)NC1CS[C@@H](CCCCC(=O)NCCOCCOCCOCCOCCOCCOCCOCCOCCOCCOCCOCCOCCC(=O)NCc2ccc(C(=O)NCCCCOc3ccc(CCCC[ClH+])cc3Cl)cc2)C1. The number of carbonyl (C=O) groups excluding carboxylic acids is 4. The van der Waals surface area contributed by atoms with Crippen molar-refractivity contribution < 1.29 is 92.4 Å². The summed E-state index contributed by atoms with van der Waals surface area (Å²) in [5.74, 6) is 2.16. The fourth-order valence-corrected chi connectivity index (χ4v) is 9.87. The van der Waals surface area contributed by atoms with E-state index in [1.54, 1.807) is 19.2 Å². The molecule has 1 aliphatic rings. The summed E-state index contributed by atoms with van der Waals surface area (Å²) in [7, 11) is 1.62. The molecule has 0 aromatic heterocycles. The van der Waals surface area contributed by atoms with Gasteiger partial charge in [0, 0.05) is 68.6 Å². The lowest BCUT2D eigenvalue weighted by Crippen LogP contribution is -2.40. The lowest BCUT2D eigenvalue weighted by Gasteiger charge is -2.12. The molecule has 1 aliphatic heterocycles. The molecule has 0 bridgehead atoms. The number of urea groups is 1. The summed E-state index contributed by atoms with van der Waals surface area (Å²) in [6, 6.07) is 13.2. The number of rotatable bonds is 58. The number of amides is 5. The van der Waals surface area contributed by atoms with Crippen LogP contribution in [0.4, 0.5) is 4.79 Å². The highest BCUT2D eigenvalue weighted by atomic mass is 35.5. The zero-order valence-corrected chi connectivity index (χ0v) is 52.7. The molecule has 2 aromatic carbocycles. The van der Waals surface area contributed by atoms with E-state index < -0.39 is 0 Å². The quantitative estimate of drug-likeness (QED) is 0.0421. The Bertz CT molecular complexity index is 1980. The first-order chi connectivity index (χ1) is 41.8. The van der Waals surface area contributed by atoms with E-state index in [9.17, 15) is 19.2 Å². The summed E-state index contributed by atoms with van der Waals surface area (Å²) in [5, 5.41) is 15.4. The lowest BCUT2D eigenvalue weighted by atomic mass is 10.1. The number of thioether (sulfide) groups is 1. The van der Waals surface area contributed by atoms with Gasteiger partial charge >= 0.3 is 6.03 Å². The highest BCUT2D eigenvalue weighted by molar-refractivity contribution is 8.00. The zero-order valence-electron chi connectivity index (χ0n) is 50.3. The molecule has 0 saturated carbocycles. The van der Waals surface area contributed by atoms with Gasteiger partial charge in [-0.2, -0.15) is 11.8 Å². The molecular formula is C60H100Cl2N5O17S+. The number of hydrogen-bond acceptors (Lipinski definition) is 18. The van der Waals surface area contributed by atoms with Crippen LogP contribution in [0, 0.1) is 11.6 Å². The van der Waals surface area contributed by atoms with Gasteiger partial charge in [0.15, 0.2) is 5.88 Å². The van der Waals surface area contributed by atoms with Crippen LogP contribution in [0.5, 0.6) is 5.75 Å². The van der Waals surface area contributed by atoms with Crippen molar-refractivity contribution in [3.8, 4) is 5.75 Å². The molecule has 5 N–H and O–H groups in total. The van der Waals surface area contributed by atoms with Gasteiger partial charge in [-0.05, 0) is 80.3 Å².